The van der Waals surface area contributed by atoms with Crippen molar-refractivity contribution in [1.29, 1.82) is 0 Å². The van der Waals surface area contributed by atoms with Gasteiger partial charge in [0.1, 0.15) is 0 Å². The third-order valence-electron chi connectivity index (χ3n) is 3.25. The van der Waals surface area contributed by atoms with Crippen LogP contribution in [0.4, 0.5) is 8.78 Å². The molecule has 20 heavy (non-hydrogen) atoms. The zero-order valence-corrected chi connectivity index (χ0v) is 12.1. The summed E-state index contributed by atoms with van der Waals surface area (Å²) >= 11 is 1.73. The number of aryl methyl sites for hydroxylation is 1. The van der Waals surface area contributed by atoms with Crippen LogP contribution in [0.2, 0.25) is 0 Å². The van der Waals surface area contributed by atoms with Crippen molar-refractivity contribution in [2.45, 2.75) is 32.2 Å². The van der Waals surface area contributed by atoms with Crippen molar-refractivity contribution in [3.63, 3.8) is 0 Å². The average Bonchev–Trinajstić information content (AvgIpc) is 2.90. The standard InChI is InChI=1S/C15H18F2N2S/c1-2-12-6-7-13(20-12)9-11(19-18)8-10-4-3-5-14(16)15(10)17/h3-7,11,19H,2,8-9,18H2,1H3. The monoisotopic (exact) mass is 296 g/mol. The Morgan fingerprint density at radius 2 is 1.90 bits per heavy atom. The average molecular weight is 296 g/mol. The van der Waals surface area contributed by atoms with E-state index in [0.717, 1.165) is 12.5 Å². The van der Waals surface area contributed by atoms with Gasteiger partial charge in [-0.25, -0.2) is 8.78 Å². The summed E-state index contributed by atoms with van der Waals surface area (Å²) in [5.74, 6) is 3.93. The number of benzene rings is 1. The van der Waals surface area contributed by atoms with Gasteiger partial charge in [-0.05, 0) is 43.0 Å². The van der Waals surface area contributed by atoms with Crippen molar-refractivity contribution in [3.05, 3.63) is 57.3 Å². The van der Waals surface area contributed by atoms with Crippen LogP contribution in [0.3, 0.4) is 0 Å². The summed E-state index contributed by atoms with van der Waals surface area (Å²) in [6.45, 7) is 2.11. The van der Waals surface area contributed by atoms with Gasteiger partial charge >= 0.3 is 0 Å². The molecule has 2 aromatic rings. The molecule has 1 aromatic carbocycles. The van der Waals surface area contributed by atoms with E-state index >= 15 is 0 Å². The van der Waals surface area contributed by atoms with Crippen LogP contribution in [-0.4, -0.2) is 6.04 Å². The van der Waals surface area contributed by atoms with Gasteiger partial charge in [0.25, 0.3) is 0 Å². The lowest BCUT2D eigenvalue weighted by Gasteiger charge is -2.15. The highest BCUT2D eigenvalue weighted by atomic mass is 32.1. The maximum atomic E-state index is 13.7. The van der Waals surface area contributed by atoms with E-state index in [1.807, 2.05) is 0 Å². The number of halogens is 2. The van der Waals surface area contributed by atoms with Crippen molar-refractivity contribution >= 4 is 11.3 Å². The summed E-state index contributed by atoms with van der Waals surface area (Å²) < 4.78 is 26.8. The Hall–Kier alpha value is -1.30. The molecule has 108 valence electrons. The van der Waals surface area contributed by atoms with Gasteiger partial charge in [-0.3, -0.25) is 11.3 Å². The lowest BCUT2D eigenvalue weighted by Crippen LogP contribution is -2.38. The number of hydrazine groups is 1. The van der Waals surface area contributed by atoms with Crippen molar-refractivity contribution in [1.82, 2.24) is 5.43 Å². The van der Waals surface area contributed by atoms with E-state index in [-0.39, 0.29) is 6.04 Å². The summed E-state index contributed by atoms with van der Waals surface area (Å²) in [4.78, 5) is 2.51. The highest BCUT2D eigenvalue weighted by Crippen LogP contribution is 2.20. The largest absolute Gasteiger partial charge is 0.271 e. The smallest absolute Gasteiger partial charge is 0.162 e. The lowest BCUT2D eigenvalue weighted by atomic mass is 10.0. The third-order valence-corrected chi connectivity index (χ3v) is 4.50. The normalized spacial score (nSPS) is 12.6. The first-order chi connectivity index (χ1) is 9.63. The summed E-state index contributed by atoms with van der Waals surface area (Å²) in [5.41, 5.74) is 3.04. The number of rotatable bonds is 6. The molecule has 0 fully saturated rings. The molecular formula is C15H18F2N2S. The molecule has 1 aromatic heterocycles. The van der Waals surface area contributed by atoms with Crippen molar-refractivity contribution in [2.75, 3.05) is 0 Å². The van der Waals surface area contributed by atoms with Crippen LogP contribution in [0.5, 0.6) is 0 Å². The van der Waals surface area contributed by atoms with Gasteiger partial charge < -0.3 is 0 Å². The summed E-state index contributed by atoms with van der Waals surface area (Å²) in [6.07, 6.45) is 2.07. The van der Waals surface area contributed by atoms with E-state index in [2.05, 4.69) is 24.5 Å². The molecule has 0 aliphatic heterocycles. The topological polar surface area (TPSA) is 38.0 Å². The number of thiophene rings is 1. The van der Waals surface area contributed by atoms with Gasteiger partial charge in [-0.2, -0.15) is 0 Å². The second kappa shape index (κ2) is 6.92. The maximum absolute atomic E-state index is 13.7. The van der Waals surface area contributed by atoms with Gasteiger partial charge in [0.15, 0.2) is 11.6 Å². The van der Waals surface area contributed by atoms with E-state index in [1.54, 1.807) is 17.4 Å². The first-order valence-corrected chi connectivity index (χ1v) is 7.42. The van der Waals surface area contributed by atoms with Gasteiger partial charge in [-0.1, -0.05) is 19.1 Å². The molecule has 2 nitrogen and oxygen atoms in total. The first-order valence-electron chi connectivity index (χ1n) is 6.60. The van der Waals surface area contributed by atoms with Gasteiger partial charge in [0.05, 0.1) is 0 Å². The molecule has 1 heterocycles. The Balaban J connectivity index is 2.07. The molecule has 0 saturated heterocycles. The fourth-order valence-electron chi connectivity index (χ4n) is 2.13. The molecule has 1 atom stereocenters. The second-order valence-corrected chi connectivity index (χ2v) is 5.96. The Bertz CT molecular complexity index is 569. The molecule has 0 aliphatic carbocycles. The quantitative estimate of drug-likeness (QED) is 0.634. The minimum absolute atomic E-state index is 0.116. The minimum atomic E-state index is -0.817. The van der Waals surface area contributed by atoms with Crippen LogP contribution in [0.15, 0.2) is 30.3 Å². The SMILES string of the molecule is CCc1ccc(CC(Cc2cccc(F)c2F)NN)s1. The summed E-state index contributed by atoms with van der Waals surface area (Å²) in [7, 11) is 0. The van der Waals surface area contributed by atoms with E-state index < -0.39 is 11.6 Å². The van der Waals surface area contributed by atoms with E-state index in [4.69, 9.17) is 5.84 Å². The highest BCUT2D eigenvalue weighted by Gasteiger charge is 2.15. The van der Waals surface area contributed by atoms with Crippen molar-refractivity contribution < 1.29 is 8.78 Å². The van der Waals surface area contributed by atoms with Crippen LogP contribution in [-0.2, 0) is 19.3 Å². The molecule has 0 radical (unpaired) electrons. The van der Waals surface area contributed by atoms with Crippen LogP contribution in [0.1, 0.15) is 22.2 Å². The Morgan fingerprint density at radius 1 is 1.15 bits per heavy atom. The summed E-state index contributed by atoms with van der Waals surface area (Å²) in [6, 6.07) is 8.27. The molecular weight excluding hydrogens is 278 g/mol. The molecule has 0 spiro atoms. The predicted molar refractivity (Wildman–Crippen MR) is 78.6 cm³/mol. The Labute approximate surface area is 121 Å². The minimum Gasteiger partial charge on any atom is -0.271 e. The van der Waals surface area contributed by atoms with Crippen molar-refractivity contribution in [2.24, 2.45) is 5.84 Å². The fraction of sp³-hybridized carbons (Fsp3) is 0.333. The third kappa shape index (κ3) is 3.62. The Kier molecular flexibility index (Phi) is 5.23. The molecule has 0 amide bonds. The molecule has 3 N–H and O–H groups in total. The zero-order valence-electron chi connectivity index (χ0n) is 11.3. The number of nitrogens with two attached hydrogens (primary N) is 1. The zero-order chi connectivity index (χ0) is 14.5. The van der Waals surface area contributed by atoms with E-state index in [9.17, 15) is 8.78 Å². The lowest BCUT2D eigenvalue weighted by molar-refractivity contribution is 0.475. The van der Waals surface area contributed by atoms with Gasteiger partial charge in [-0.15, -0.1) is 11.3 Å². The van der Waals surface area contributed by atoms with Crippen LogP contribution < -0.4 is 11.3 Å². The highest BCUT2D eigenvalue weighted by molar-refractivity contribution is 7.11. The molecule has 0 aliphatic rings. The van der Waals surface area contributed by atoms with Gasteiger partial charge in [0.2, 0.25) is 0 Å². The van der Waals surface area contributed by atoms with Crippen LogP contribution in [0, 0.1) is 11.6 Å². The molecule has 2 rings (SSSR count). The predicted octanol–water partition coefficient (Wildman–Crippen LogP) is 3.21. The summed E-state index contributed by atoms with van der Waals surface area (Å²) in [5, 5.41) is 0. The number of hydrogen-bond donors (Lipinski definition) is 2. The van der Waals surface area contributed by atoms with Gasteiger partial charge in [0, 0.05) is 15.8 Å². The van der Waals surface area contributed by atoms with Crippen LogP contribution >= 0.6 is 11.3 Å². The molecule has 5 heteroatoms. The van der Waals surface area contributed by atoms with E-state index in [1.165, 1.54) is 15.8 Å². The van der Waals surface area contributed by atoms with Crippen LogP contribution in [0.25, 0.3) is 0 Å². The Morgan fingerprint density at radius 3 is 2.55 bits per heavy atom. The number of hydrogen-bond acceptors (Lipinski definition) is 3. The number of nitrogens with one attached hydrogen (secondary N) is 1. The maximum Gasteiger partial charge on any atom is 0.162 e. The first kappa shape index (κ1) is 15.1. The molecule has 1 unspecified atom stereocenters. The fourth-order valence-corrected chi connectivity index (χ4v) is 3.16. The van der Waals surface area contributed by atoms with Crippen molar-refractivity contribution in [3.8, 4) is 0 Å². The van der Waals surface area contributed by atoms with E-state index in [0.29, 0.717) is 18.4 Å². The molecule has 0 bridgehead atoms. The second-order valence-electron chi connectivity index (χ2n) is 4.71. The molecule has 0 saturated carbocycles.